The Labute approximate surface area is 360 Å². The monoisotopic (exact) mass is 888 g/mol. The van der Waals surface area contributed by atoms with E-state index in [0.29, 0.717) is 22.3 Å². The second kappa shape index (κ2) is 18.9. The van der Waals surface area contributed by atoms with Crippen LogP contribution < -0.4 is 11.5 Å². The van der Waals surface area contributed by atoms with Crippen LogP contribution >= 0.6 is 0 Å². The highest BCUT2D eigenvalue weighted by Crippen LogP contribution is 2.52. The van der Waals surface area contributed by atoms with Gasteiger partial charge in [-0.1, -0.05) is 82.4 Å². The van der Waals surface area contributed by atoms with Gasteiger partial charge in [0.15, 0.2) is 35.4 Å². The van der Waals surface area contributed by atoms with Crippen LogP contribution in [-0.4, -0.2) is 125 Å². The fourth-order valence-electron chi connectivity index (χ4n) is 8.81. The third kappa shape index (κ3) is 8.30. The van der Waals surface area contributed by atoms with Gasteiger partial charge in [-0.2, -0.15) is 0 Å². The SMILES string of the molecule is C.C.C=CC[C@]1(O)C(n2cnc3c(N)ncnc32)O[C@@H]2CO[Si](C(C)C)(C(C)C)O[Si](C(C)C)(C(C)C)O[C@H]21.C=CC[C@]1(O)C(n2cnc3c(N)ncnc32)O[C@H](CO)[C@H]1O. The maximum atomic E-state index is 12.4. The molecule has 7 rings (SSSR count). The van der Waals surface area contributed by atoms with Crippen LogP contribution in [0.2, 0.25) is 22.2 Å². The number of fused-ring (bicyclic) bond motifs is 3. The first-order valence-corrected chi connectivity index (χ1v) is 23.9. The molecule has 340 valence electrons. The quantitative estimate of drug-likeness (QED) is 0.0872. The standard InChI is InChI=1S/C25H43N5O5Si2.C13H17N5O4.2CH4/c1-10-11-25(31)21-19(33-24(25)30-14-29-20-22(26)27-13-28-23(20)30)12-32-36(15(2)3,16(4)5)35-37(34-21,17(6)7)18(8)9;1-2-3-13(21)9(20)7(4-19)22-12(13)18-6-17-8-10(14)15-5-16-11(8)18;;/h10,13-19,21,24,31H,1,11-12H2,2-9H3,(H2,26,27,28);2,5-7,9,12,19-21H,1,3-4H2,(H2,14,15,16);2*1H4/t19-,21-,24?,25-;7-,9-,12?,13-;;/m11../s1. The number of rotatable bonds is 11. The molecular weight excluding hydrogens is 821 g/mol. The molecule has 3 aliphatic heterocycles. The third-order valence-corrected chi connectivity index (χ3v) is 22.1. The van der Waals surface area contributed by atoms with Crippen LogP contribution in [0.1, 0.15) is 95.5 Å². The fourth-order valence-corrected chi connectivity index (χ4v) is 20.1. The number of anilines is 2. The fraction of sp³-hybridized carbons (Fsp3) is 0.650. The van der Waals surface area contributed by atoms with Gasteiger partial charge < -0.3 is 54.3 Å². The van der Waals surface area contributed by atoms with E-state index in [2.05, 4.69) is 98.5 Å². The van der Waals surface area contributed by atoms with Crippen LogP contribution in [0.5, 0.6) is 0 Å². The molecule has 61 heavy (non-hydrogen) atoms. The van der Waals surface area contributed by atoms with Gasteiger partial charge in [0.2, 0.25) is 0 Å². The molecule has 3 fully saturated rings. The summed E-state index contributed by atoms with van der Waals surface area (Å²) in [5, 5.41) is 42.8. The first-order valence-electron chi connectivity index (χ1n) is 20.0. The average molecular weight is 889 g/mol. The highest BCUT2D eigenvalue weighted by molar-refractivity contribution is 6.84. The number of nitrogen functional groups attached to an aromatic ring is 2. The molecule has 19 nitrogen and oxygen atoms in total. The molecule has 3 aliphatic rings. The molecule has 0 saturated carbocycles. The lowest BCUT2D eigenvalue weighted by Gasteiger charge is -2.52. The summed E-state index contributed by atoms with van der Waals surface area (Å²) in [6.45, 7) is 24.7. The second-order valence-corrected chi connectivity index (χ2v) is 25.7. The number of nitrogens with zero attached hydrogens (tertiary/aromatic N) is 8. The first kappa shape index (κ1) is 49.9. The van der Waals surface area contributed by atoms with Gasteiger partial charge in [-0.3, -0.25) is 9.13 Å². The van der Waals surface area contributed by atoms with Crippen molar-refractivity contribution in [1.29, 1.82) is 0 Å². The van der Waals surface area contributed by atoms with Crippen molar-refractivity contribution in [3.05, 3.63) is 50.6 Å². The zero-order valence-electron chi connectivity index (χ0n) is 35.0. The molecule has 4 aromatic heterocycles. The van der Waals surface area contributed by atoms with Crippen molar-refractivity contribution in [3.63, 3.8) is 0 Å². The topological polar surface area (TPSA) is 266 Å². The van der Waals surface area contributed by atoms with Gasteiger partial charge in [-0.25, -0.2) is 29.9 Å². The zero-order chi connectivity index (χ0) is 43.2. The summed E-state index contributed by atoms with van der Waals surface area (Å²) >= 11 is 0. The minimum atomic E-state index is -2.97. The third-order valence-electron chi connectivity index (χ3n) is 11.9. The Hall–Kier alpha value is -3.75. The molecule has 3 saturated heterocycles. The van der Waals surface area contributed by atoms with E-state index in [-0.39, 0.29) is 68.1 Å². The smallest absolute Gasteiger partial charge is 0.335 e. The maximum Gasteiger partial charge on any atom is 0.335 e. The summed E-state index contributed by atoms with van der Waals surface area (Å²) in [4.78, 5) is 24.9. The molecule has 0 aliphatic carbocycles. The predicted octanol–water partition coefficient (Wildman–Crippen LogP) is 4.81. The lowest BCUT2D eigenvalue weighted by Crippen LogP contribution is -2.67. The Morgan fingerprint density at radius 2 is 1.21 bits per heavy atom. The van der Waals surface area contributed by atoms with Crippen molar-refractivity contribution in [3.8, 4) is 0 Å². The number of imidazole rings is 2. The van der Waals surface area contributed by atoms with Crippen molar-refractivity contribution in [2.24, 2.45) is 0 Å². The number of aromatic nitrogens is 8. The van der Waals surface area contributed by atoms with E-state index in [1.807, 2.05) is 0 Å². The predicted molar refractivity (Wildman–Crippen MR) is 237 cm³/mol. The Balaban J connectivity index is 0.000000292. The van der Waals surface area contributed by atoms with Gasteiger partial charge in [0.1, 0.15) is 59.3 Å². The summed E-state index contributed by atoms with van der Waals surface area (Å²) < 4.78 is 36.7. The van der Waals surface area contributed by atoms with Gasteiger partial charge in [0, 0.05) is 12.8 Å². The average Bonchev–Trinajstić information content (AvgIpc) is 3.92. The maximum absolute atomic E-state index is 12.4. The van der Waals surface area contributed by atoms with Crippen molar-refractivity contribution < 1.29 is 42.9 Å². The van der Waals surface area contributed by atoms with E-state index in [1.54, 1.807) is 17.0 Å². The minimum Gasteiger partial charge on any atom is -0.414 e. The molecule has 0 aromatic carbocycles. The van der Waals surface area contributed by atoms with Crippen LogP contribution in [0.15, 0.2) is 50.6 Å². The molecule has 0 spiro atoms. The van der Waals surface area contributed by atoms with E-state index >= 15 is 0 Å². The van der Waals surface area contributed by atoms with Crippen LogP contribution in [0.25, 0.3) is 22.3 Å². The Kier molecular flexibility index (Phi) is 15.5. The lowest BCUT2D eigenvalue weighted by atomic mass is 9.90. The van der Waals surface area contributed by atoms with Crippen molar-refractivity contribution in [2.75, 3.05) is 24.7 Å². The van der Waals surface area contributed by atoms with Crippen LogP contribution in [0.4, 0.5) is 11.6 Å². The van der Waals surface area contributed by atoms with Crippen LogP contribution in [0, 0.1) is 0 Å². The van der Waals surface area contributed by atoms with E-state index in [0.717, 1.165) is 0 Å². The Morgan fingerprint density at radius 3 is 1.66 bits per heavy atom. The Bertz CT molecular complexity index is 2110. The van der Waals surface area contributed by atoms with Crippen molar-refractivity contribution in [2.45, 2.75) is 153 Å². The highest BCUT2D eigenvalue weighted by Gasteiger charge is 2.65. The molecular formula is C40H68N10O9Si2. The summed E-state index contributed by atoms with van der Waals surface area (Å²) in [6.07, 6.45) is 3.85. The summed E-state index contributed by atoms with van der Waals surface area (Å²) in [5.74, 6) is 0.469. The van der Waals surface area contributed by atoms with Crippen LogP contribution in [-0.2, 0) is 22.4 Å². The van der Waals surface area contributed by atoms with E-state index in [9.17, 15) is 20.4 Å². The van der Waals surface area contributed by atoms with Gasteiger partial charge >= 0.3 is 17.1 Å². The van der Waals surface area contributed by atoms with Gasteiger partial charge in [-0.05, 0) is 22.2 Å². The molecule has 0 amide bonds. The normalized spacial score (nSPS) is 29.4. The molecule has 2 unspecified atom stereocenters. The summed E-state index contributed by atoms with van der Waals surface area (Å²) in [5.41, 5.74) is 11.0. The second-order valence-electron chi connectivity index (χ2n) is 16.8. The molecule has 0 radical (unpaired) electrons. The summed E-state index contributed by atoms with van der Waals surface area (Å²) in [6, 6.07) is 0. The minimum absolute atomic E-state index is 0. The van der Waals surface area contributed by atoms with E-state index in [1.165, 1.54) is 29.6 Å². The molecule has 7 heterocycles. The van der Waals surface area contributed by atoms with Crippen molar-refractivity contribution >= 4 is 51.1 Å². The van der Waals surface area contributed by atoms with Gasteiger partial charge in [0.05, 0.1) is 25.9 Å². The lowest BCUT2D eigenvalue weighted by molar-refractivity contribution is -0.105. The van der Waals surface area contributed by atoms with E-state index < -0.39 is 71.8 Å². The molecule has 8 N–H and O–H groups in total. The number of aliphatic hydroxyl groups excluding tert-OH is 2. The number of aliphatic hydroxyl groups is 4. The number of hydrogen-bond donors (Lipinski definition) is 6. The Morgan fingerprint density at radius 1 is 0.754 bits per heavy atom. The largest absolute Gasteiger partial charge is 0.414 e. The van der Waals surface area contributed by atoms with Gasteiger partial charge in [-0.15, -0.1) is 13.2 Å². The number of nitrogens with two attached hydrogens (primary N) is 2. The molecule has 8 atom stereocenters. The molecule has 0 bridgehead atoms. The molecule has 4 aromatic rings. The number of hydrogen-bond acceptors (Lipinski definition) is 17. The van der Waals surface area contributed by atoms with E-state index in [4.69, 9.17) is 33.9 Å². The first-order chi connectivity index (χ1) is 27.9. The number of ether oxygens (including phenoxy) is 2. The van der Waals surface area contributed by atoms with Crippen molar-refractivity contribution in [1.82, 2.24) is 39.0 Å². The molecule has 21 heteroatoms. The van der Waals surface area contributed by atoms with Crippen LogP contribution in [0.3, 0.4) is 0 Å². The highest BCUT2D eigenvalue weighted by atomic mass is 28.5. The zero-order valence-corrected chi connectivity index (χ0v) is 37.0. The van der Waals surface area contributed by atoms with Gasteiger partial charge in [0.25, 0.3) is 0 Å². The summed E-state index contributed by atoms with van der Waals surface area (Å²) in [7, 11) is -5.72.